The number of hydrogen-bond donors (Lipinski definition) is 1. The maximum Gasteiger partial charge on any atom is 0.234 e. The van der Waals surface area contributed by atoms with E-state index in [4.69, 9.17) is 0 Å². The Morgan fingerprint density at radius 2 is 1.77 bits per heavy atom. The summed E-state index contributed by atoms with van der Waals surface area (Å²) in [7, 11) is 0. The first-order chi connectivity index (χ1) is 12.5. The van der Waals surface area contributed by atoms with Crippen LogP contribution in [-0.2, 0) is 4.79 Å². The zero-order chi connectivity index (χ0) is 18.7. The summed E-state index contributed by atoms with van der Waals surface area (Å²) in [5.41, 5.74) is 5.31. The zero-order valence-corrected chi connectivity index (χ0v) is 15.8. The standard InChI is InChI=1S/C21H19N3OS/c1-13-6-4-7-14(2)19(13)23-18(25)12-26-21-17(11-22)10-16-9-5-8-15(3)20(16)24-21/h4-10H,12H2,1-3H3,(H,23,25). The first-order valence-corrected chi connectivity index (χ1v) is 9.27. The van der Waals surface area contributed by atoms with Gasteiger partial charge in [-0.3, -0.25) is 4.79 Å². The summed E-state index contributed by atoms with van der Waals surface area (Å²) in [6.45, 7) is 5.93. The molecule has 0 aliphatic carbocycles. The molecule has 0 aliphatic heterocycles. The van der Waals surface area contributed by atoms with E-state index in [1.54, 1.807) is 0 Å². The molecule has 0 unspecified atom stereocenters. The Kier molecular flexibility index (Phi) is 5.24. The highest BCUT2D eigenvalue weighted by Gasteiger charge is 2.12. The van der Waals surface area contributed by atoms with Gasteiger partial charge in [-0.15, -0.1) is 0 Å². The molecule has 4 nitrogen and oxygen atoms in total. The molecule has 1 aromatic heterocycles. The Labute approximate surface area is 157 Å². The highest BCUT2D eigenvalue weighted by molar-refractivity contribution is 8.00. The van der Waals surface area contributed by atoms with Gasteiger partial charge in [-0.2, -0.15) is 5.26 Å². The smallest absolute Gasteiger partial charge is 0.234 e. The fourth-order valence-corrected chi connectivity index (χ4v) is 3.60. The van der Waals surface area contributed by atoms with Crippen LogP contribution in [0.15, 0.2) is 47.5 Å². The molecule has 0 spiro atoms. The van der Waals surface area contributed by atoms with Crippen LogP contribution in [0.3, 0.4) is 0 Å². The topological polar surface area (TPSA) is 65.8 Å². The van der Waals surface area contributed by atoms with Crippen molar-refractivity contribution >= 4 is 34.3 Å². The molecule has 5 heteroatoms. The summed E-state index contributed by atoms with van der Waals surface area (Å²) in [6, 6.07) is 15.8. The van der Waals surface area contributed by atoms with E-state index in [0.29, 0.717) is 10.6 Å². The summed E-state index contributed by atoms with van der Waals surface area (Å²) in [6.07, 6.45) is 0. The van der Waals surface area contributed by atoms with Gasteiger partial charge in [-0.05, 0) is 43.5 Å². The molecule has 3 aromatic rings. The summed E-state index contributed by atoms with van der Waals surface area (Å²) < 4.78 is 0. The number of nitriles is 1. The van der Waals surface area contributed by atoms with E-state index in [1.165, 1.54) is 11.8 Å². The SMILES string of the molecule is Cc1cccc(C)c1NC(=O)CSc1nc2c(C)cccc2cc1C#N. The third-order valence-electron chi connectivity index (χ3n) is 4.22. The molecule has 1 amide bonds. The maximum absolute atomic E-state index is 12.4. The predicted molar refractivity (Wildman–Crippen MR) is 106 cm³/mol. The van der Waals surface area contributed by atoms with Crippen molar-refractivity contribution in [3.05, 3.63) is 64.7 Å². The fraction of sp³-hybridized carbons (Fsp3) is 0.190. The van der Waals surface area contributed by atoms with Gasteiger partial charge in [0, 0.05) is 11.1 Å². The third-order valence-corrected chi connectivity index (χ3v) is 5.21. The molecule has 0 radical (unpaired) electrons. The lowest BCUT2D eigenvalue weighted by molar-refractivity contribution is -0.113. The Balaban J connectivity index is 1.80. The Bertz CT molecular complexity index is 1020. The highest BCUT2D eigenvalue weighted by Crippen LogP contribution is 2.27. The minimum absolute atomic E-state index is 0.108. The number of para-hydroxylation sites is 2. The summed E-state index contributed by atoms with van der Waals surface area (Å²) in [5, 5.41) is 13.9. The second-order valence-electron chi connectivity index (χ2n) is 6.20. The van der Waals surface area contributed by atoms with Crippen molar-refractivity contribution in [1.82, 2.24) is 4.98 Å². The van der Waals surface area contributed by atoms with E-state index < -0.39 is 0 Å². The second-order valence-corrected chi connectivity index (χ2v) is 7.17. The van der Waals surface area contributed by atoms with Crippen molar-refractivity contribution in [3.8, 4) is 6.07 Å². The number of benzene rings is 2. The van der Waals surface area contributed by atoms with Gasteiger partial charge >= 0.3 is 0 Å². The Morgan fingerprint density at radius 1 is 1.12 bits per heavy atom. The summed E-state index contributed by atoms with van der Waals surface area (Å²) in [5.74, 6) is 0.0929. The van der Waals surface area contributed by atoms with Crippen LogP contribution in [0.5, 0.6) is 0 Å². The van der Waals surface area contributed by atoms with Crippen LogP contribution in [-0.4, -0.2) is 16.6 Å². The lowest BCUT2D eigenvalue weighted by Gasteiger charge is -2.11. The van der Waals surface area contributed by atoms with E-state index in [2.05, 4.69) is 16.4 Å². The van der Waals surface area contributed by atoms with Gasteiger partial charge in [0.25, 0.3) is 0 Å². The van der Waals surface area contributed by atoms with Crippen LogP contribution in [0.1, 0.15) is 22.3 Å². The minimum Gasteiger partial charge on any atom is -0.325 e. The van der Waals surface area contributed by atoms with Gasteiger partial charge in [0.15, 0.2) is 0 Å². The van der Waals surface area contributed by atoms with E-state index in [1.807, 2.05) is 63.2 Å². The van der Waals surface area contributed by atoms with Gasteiger partial charge in [0.1, 0.15) is 11.1 Å². The Morgan fingerprint density at radius 3 is 2.46 bits per heavy atom. The van der Waals surface area contributed by atoms with Crippen molar-refractivity contribution in [1.29, 1.82) is 5.26 Å². The molecule has 1 N–H and O–H groups in total. The molecule has 0 aliphatic rings. The highest BCUT2D eigenvalue weighted by atomic mass is 32.2. The number of pyridine rings is 1. The lowest BCUT2D eigenvalue weighted by atomic mass is 10.1. The van der Waals surface area contributed by atoms with Crippen LogP contribution in [0, 0.1) is 32.1 Å². The molecule has 0 saturated heterocycles. The van der Waals surface area contributed by atoms with E-state index in [-0.39, 0.29) is 11.7 Å². The lowest BCUT2D eigenvalue weighted by Crippen LogP contribution is -2.16. The van der Waals surface area contributed by atoms with Crippen LogP contribution in [0.2, 0.25) is 0 Å². The van der Waals surface area contributed by atoms with E-state index in [0.717, 1.165) is 33.3 Å². The van der Waals surface area contributed by atoms with Crippen molar-refractivity contribution in [2.45, 2.75) is 25.8 Å². The number of anilines is 1. The molecule has 0 fully saturated rings. The number of thioether (sulfide) groups is 1. The number of aryl methyl sites for hydroxylation is 3. The molecule has 0 saturated carbocycles. The monoisotopic (exact) mass is 361 g/mol. The molecular formula is C21H19N3OS. The predicted octanol–water partition coefficient (Wildman–Crippen LogP) is 4.76. The van der Waals surface area contributed by atoms with Crippen LogP contribution in [0.4, 0.5) is 5.69 Å². The molecule has 26 heavy (non-hydrogen) atoms. The van der Waals surface area contributed by atoms with Crippen LogP contribution in [0.25, 0.3) is 10.9 Å². The molecule has 0 bridgehead atoms. The summed E-state index contributed by atoms with van der Waals surface area (Å²) in [4.78, 5) is 17.0. The number of aromatic nitrogens is 1. The fourth-order valence-electron chi connectivity index (χ4n) is 2.84. The number of hydrogen-bond acceptors (Lipinski definition) is 4. The number of amides is 1. The number of rotatable bonds is 4. The molecule has 1 heterocycles. The molecule has 0 atom stereocenters. The van der Waals surface area contributed by atoms with E-state index in [9.17, 15) is 10.1 Å². The number of nitrogens with zero attached hydrogens (tertiary/aromatic N) is 2. The second kappa shape index (κ2) is 7.59. The van der Waals surface area contributed by atoms with Crippen molar-refractivity contribution in [3.63, 3.8) is 0 Å². The molecule has 2 aromatic carbocycles. The van der Waals surface area contributed by atoms with Gasteiger partial charge in [0.2, 0.25) is 5.91 Å². The average Bonchev–Trinajstić information content (AvgIpc) is 2.63. The van der Waals surface area contributed by atoms with Gasteiger partial charge < -0.3 is 5.32 Å². The molecule has 130 valence electrons. The van der Waals surface area contributed by atoms with Crippen molar-refractivity contribution < 1.29 is 4.79 Å². The van der Waals surface area contributed by atoms with Crippen LogP contribution < -0.4 is 5.32 Å². The Hall–Kier alpha value is -2.84. The summed E-state index contributed by atoms with van der Waals surface area (Å²) >= 11 is 1.29. The average molecular weight is 361 g/mol. The number of nitrogens with one attached hydrogen (secondary N) is 1. The van der Waals surface area contributed by atoms with E-state index >= 15 is 0 Å². The maximum atomic E-state index is 12.4. The number of carbonyl (C=O) groups excluding carboxylic acids is 1. The zero-order valence-electron chi connectivity index (χ0n) is 15.0. The molecule has 3 rings (SSSR count). The van der Waals surface area contributed by atoms with Gasteiger partial charge in [-0.1, -0.05) is 48.2 Å². The van der Waals surface area contributed by atoms with Crippen molar-refractivity contribution in [2.75, 3.05) is 11.1 Å². The van der Waals surface area contributed by atoms with Crippen LogP contribution >= 0.6 is 11.8 Å². The van der Waals surface area contributed by atoms with Crippen molar-refractivity contribution in [2.24, 2.45) is 0 Å². The third kappa shape index (κ3) is 3.71. The minimum atomic E-state index is -0.108. The van der Waals surface area contributed by atoms with Gasteiger partial charge in [0.05, 0.1) is 16.8 Å². The molecular weight excluding hydrogens is 342 g/mol. The first-order valence-electron chi connectivity index (χ1n) is 8.29. The normalized spacial score (nSPS) is 10.5. The quantitative estimate of drug-likeness (QED) is 0.680. The largest absolute Gasteiger partial charge is 0.325 e. The van der Waals surface area contributed by atoms with Gasteiger partial charge in [-0.25, -0.2) is 4.98 Å². The number of carbonyl (C=O) groups is 1. The number of fused-ring (bicyclic) bond motifs is 1. The first kappa shape index (κ1) is 18.0.